The van der Waals surface area contributed by atoms with Gasteiger partial charge < -0.3 is 10.2 Å². The quantitative estimate of drug-likeness (QED) is 0.552. The molecule has 0 saturated carbocycles. The highest BCUT2D eigenvalue weighted by Crippen LogP contribution is 2.42. The highest BCUT2D eigenvalue weighted by molar-refractivity contribution is 7.23. The summed E-state index contributed by atoms with van der Waals surface area (Å²) in [4.78, 5) is 57.0. The van der Waals surface area contributed by atoms with Crippen LogP contribution in [0.3, 0.4) is 0 Å². The number of hydrogen-bond acceptors (Lipinski definition) is 6. The molecule has 4 aliphatic rings. The highest BCUT2D eigenvalue weighted by Gasteiger charge is 2.60. The van der Waals surface area contributed by atoms with Crippen LogP contribution in [-0.2, 0) is 9.59 Å². The number of anilines is 1. The maximum absolute atomic E-state index is 14.1. The lowest BCUT2D eigenvalue weighted by Crippen LogP contribution is -2.56. The number of likely N-dealkylation sites (tertiary alicyclic amines) is 2. The van der Waals surface area contributed by atoms with Crippen molar-refractivity contribution < 1.29 is 23.6 Å². The molecule has 4 fully saturated rings. The number of benzene rings is 1. The van der Waals surface area contributed by atoms with Crippen LogP contribution in [0.5, 0.6) is 0 Å². The summed E-state index contributed by atoms with van der Waals surface area (Å²) < 4.78 is 14.9. The lowest BCUT2D eigenvalue weighted by Gasteiger charge is -2.44. The second kappa shape index (κ2) is 10.6. The lowest BCUT2D eigenvalue weighted by atomic mass is 9.78. The fourth-order valence-corrected chi connectivity index (χ4v) is 7.90. The summed E-state index contributed by atoms with van der Waals surface area (Å²) in [6.45, 7) is 3.49. The lowest BCUT2D eigenvalue weighted by molar-refractivity contribution is -0.145. The normalized spacial score (nSPS) is 22.1. The largest absolute Gasteiger partial charge is 0.341 e. The Labute approximate surface area is 236 Å². The molecule has 1 spiro atoms. The average Bonchev–Trinajstić information content (AvgIpc) is 3.25. The number of carbonyl (C=O) groups is 4. The van der Waals surface area contributed by atoms with E-state index in [1.165, 1.54) is 30.5 Å². The molecule has 6 rings (SSSR count). The van der Waals surface area contributed by atoms with Crippen molar-refractivity contribution in [3.05, 3.63) is 29.6 Å². The van der Waals surface area contributed by atoms with Crippen LogP contribution in [0, 0.1) is 11.2 Å². The van der Waals surface area contributed by atoms with Gasteiger partial charge in [-0.2, -0.15) is 0 Å². The van der Waals surface area contributed by atoms with Crippen molar-refractivity contribution in [1.29, 1.82) is 0 Å². The third kappa shape index (κ3) is 4.50. The zero-order valence-electron chi connectivity index (χ0n) is 22.7. The van der Waals surface area contributed by atoms with Crippen molar-refractivity contribution in [1.82, 2.24) is 25.1 Å². The van der Waals surface area contributed by atoms with Gasteiger partial charge in [0.2, 0.25) is 0 Å². The molecule has 5 heterocycles. The molecule has 0 radical (unpaired) electrons. The summed E-state index contributed by atoms with van der Waals surface area (Å²) in [6.07, 6.45) is 5.69. The van der Waals surface area contributed by atoms with Gasteiger partial charge in [0.1, 0.15) is 16.2 Å². The molecule has 4 saturated heterocycles. The monoisotopic (exact) mass is 570 g/mol. The van der Waals surface area contributed by atoms with Gasteiger partial charge in [-0.1, -0.05) is 0 Å². The number of rotatable bonds is 3. The van der Waals surface area contributed by atoms with Crippen molar-refractivity contribution in [2.45, 2.75) is 51.0 Å². The van der Waals surface area contributed by atoms with E-state index in [0.717, 1.165) is 36.9 Å². The van der Waals surface area contributed by atoms with Gasteiger partial charge >= 0.3 is 6.03 Å². The molecule has 4 aliphatic heterocycles. The van der Waals surface area contributed by atoms with Gasteiger partial charge in [0.25, 0.3) is 17.7 Å². The Balaban J connectivity index is 1.17. The van der Waals surface area contributed by atoms with E-state index in [4.69, 9.17) is 0 Å². The van der Waals surface area contributed by atoms with Crippen LogP contribution in [0.2, 0.25) is 0 Å². The molecular weight excluding hydrogens is 535 g/mol. The molecule has 1 aromatic carbocycles. The molecule has 0 unspecified atom stereocenters. The molecular formula is C28H35FN6O4S. The molecule has 0 aliphatic carbocycles. The first-order valence-corrected chi connectivity index (χ1v) is 15.0. The van der Waals surface area contributed by atoms with Crippen LogP contribution in [0.4, 0.5) is 14.2 Å². The van der Waals surface area contributed by atoms with E-state index < -0.39 is 17.3 Å². The van der Waals surface area contributed by atoms with Crippen molar-refractivity contribution in [3.63, 3.8) is 0 Å². The number of hydrogen-bond donors (Lipinski definition) is 2. The molecule has 12 heteroatoms. The molecule has 2 aromatic rings. The topological polar surface area (TPSA) is 105 Å². The van der Waals surface area contributed by atoms with Gasteiger partial charge in [-0.3, -0.25) is 34.6 Å². The van der Waals surface area contributed by atoms with Crippen LogP contribution in [0.15, 0.2) is 18.2 Å². The van der Waals surface area contributed by atoms with Crippen LogP contribution in [0.1, 0.15) is 55.3 Å². The fraction of sp³-hybridized carbons (Fsp3) is 0.571. The maximum atomic E-state index is 14.1. The number of nitrogens with one attached hydrogen (secondary N) is 2. The summed E-state index contributed by atoms with van der Waals surface area (Å²) >= 11 is 1.25. The Morgan fingerprint density at radius 3 is 2.35 bits per heavy atom. The van der Waals surface area contributed by atoms with E-state index >= 15 is 0 Å². The van der Waals surface area contributed by atoms with Crippen molar-refractivity contribution >= 4 is 50.2 Å². The summed E-state index contributed by atoms with van der Waals surface area (Å²) in [5.74, 6) is -0.754. The van der Waals surface area contributed by atoms with E-state index in [1.54, 1.807) is 21.0 Å². The number of thiophene rings is 1. The average molecular weight is 571 g/mol. The maximum Gasteiger partial charge on any atom is 0.319 e. The van der Waals surface area contributed by atoms with Crippen molar-refractivity contribution in [2.75, 3.05) is 51.6 Å². The first-order chi connectivity index (χ1) is 19.3. The summed E-state index contributed by atoms with van der Waals surface area (Å²) in [5.41, 5.74) is -0.676. The van der Waals surface area contributed by atoms with E-state index in [2.05, 4.69) is 15.5 Å². The molecule has 40 heavy (non-hydrogen) atoms. The predicted molar refractivity (Wildman–Crippen MR) is 149 cm³/mol. The van der Waals surface area contributed by atoms with E-state index in [0.29, 0.717) is 67.9 Å². The number of piperidine rings is 2. The Bertz CT molecular complexity index is 1330. The Morgan fingerprint density at radius 2 is 1.68 bits per heavy atom. The second-order valence-corrected chi connectivity index (χ2v) is 12.3. The van der Waals surface area contributed by atoms with Crippen molar-refractivity contribution in [3.8, 4) is 0 Å². The van der Waals surface area contributed by atoms with Crippen LogP contribution >= 0.6 is 11.3 Å². The zero-order valence-corrected chi connectivity index (χ0v) is 23.5. The third-order valence-electron chi connectivity index (χ3n) is 8.93. The minimum absolute atomic E-state index is 0.0376. The number of nitrogens with zero attached hydrogens (tertiary/aromatic N) is 4. The number of urea groups is 1. The molecule has 5 amide bonds. The van der Waals surface area contributed by atoms with Crippen LogP contribution in [-0.4, -0.2) is 95.9 Å². The molecule has 10 nitrogen and oxygen atoms in total. The number of hydrazine groups is 1. The van der Waals surface area contributed by atoms with Crippen LogP contribution in [0.25, 0.3) is 10.1 Å². The van der Waals surface area contributed by atoms with Gasteiger partial charge in [0.05, 0.1) is 5.56 Å². The van der Waals surface area contributed by atoms with E-state index in [-0.39, 0.29) is 23.8 Å². The van der Waals surface area contributed by atoms with Crippen LogP contribution < -0.4 is 10.6 Å². The van der Waals surface area contributed by atoms with Gasteiger partial charge in [-0.15, -0.1) is 11.3 Å². The SMILES string of the molecule is CNC(=O)Nc1sc2ccc(F)cc2c1C(=O)N1CCC(N2CCCC3(C2)C(=O)N2CCCCCN2C3=O)CC1. The summed E-state index contributed by atoms with van der Waals surface area (Å²) in [7, 11) is 1.50. The highest BCUT2D eigenvalue weighted by atomic mass is 32.1. The first kappa shape index (κ1) is 26.9. The van der Waals surface area contributed by atoms with E-state index in [9.17, 15) is 23.6 Å². The molecule has 0 atom stereocenters. The molecule has 1 aromatic heterocycles. The minimum Gasteiger partial charge on any atom is -0.341 e. The van der Waals surface area contributed by atoms with Gasteiger partial charge in [0.15, 0.2) is 0 Å². The smallest absolute Gasteiger partial charge is 0.319 e. The summed E-state index contributed by atoms with van der Waals surface area (Å²) in [6, 6.07) is 4.03. The molecule has 0 bridgehead atoms. The molecule has 214 valence electrons. The number of amides is 5. The Hall–Kier alpha value is -3.25. The Kier molecular flexibility index (Phi) is 7.16. The van der Waals surface area contributed by atoms with Gasteiger partial charge in [-0.05, 0) is 69.7 Å². The van der Waals surface area contributed by atoms with E-state index in [1.807, 2.05) is 0 Å². The number of fused-ring (bicyclic) bond motifs is 2. The summed E-state index contributed by atoms with van der Waals surface area (Å²) in [5, 5.41) is 9.53. The predicted octanol–water partition coefficient (Wildman–Crippen LogP) is 3.25. The minimum atomic E-state index is -0.984. The first-order valence-electron chi connectivity index (χ1n) is 14.2. The zero-order chi connectivity index (χ0) is 28.0. The number of carbonyl (C=O) groups excluding carboxylic acids is 4. The number of halogens is 1. The van der Waals surface area contributed by atoms with Gasteiger partial charge in [0, 0.05) is 55.9 Å². The van der Waals surface area contributed by atoms with Gasteiger partial charge in [-0.25, -0.2) is 9.18 Å². The third-order valence-corrected chi connectivity index (χ3v) is 10.0. The van der Waals surface area contributed by atoms with Crippen molar-refractivity contribution in [2.24, 2.45) is 5.41 Å². The fourth-order valence-electron chi connectivity index (χ4n) is 6.83. The molecule has 2 N–H and O–H groups in total. The second-order valence-electron chi connectivity index (χ2n) is 11.2. The Morgan fingerprint density at radius 1 is 0.975 bits per heavy atom. The standard InChI is InChI=1S/C28H35FN6O4S/c1-30-27(39)31-23-22(20-16-18(29)6-7-21(20)40-23)24(36)32-14-8-19(9-15-32)33-11-5-10-28(17-33)25(37)34-12-3-2-4-13-35(34)26(28)38/h6-7,16,19H,2-5,8-15,17H2,1H3,(H2,30,31,39).